The maximum absolute atomic E-state index is 14.4. The zero-order valence-electron chi connectivity index (χ0n) is 15.7. The molecule has 156 valence electrons. The van der Waals surface area contributed by atoms with Crippen molar-refractivity contribution in [3.05, 3.63) is 0 Å². The lowest BCUT2D eigenvalue weighted by Gasteiger charge is -2.23. The van der Waals surface area contributed by atoms with Gasteiger partial charge in [0.05, 0.1) is 25.4 Å². The van der Waals surface area contributed by atoms with Crippen LogP contribution in [-0.2, 0) is 25.6 Å². The molecule has 0 radical (unpaired) electrons. The van der Waals surface area contributed by atoms with Crippen LogP contribution < -0.4 is 21.5 Å². The van der Waals surface area contributed by atoms with Crippen LogP contribution in [0.3, 0.4) is 0 Å². The van der Waals surface area contributed by atoms with Crippen molar-refractivity contribution < 1.29 is 27.8 Å². The summed E-state index contributed by atoms with van der Waals surface area (Å²) in [5.74, 6) is -0.0384. The minimum absolute atomic E-state index is 0.00429. The molecule has 1 aromatic rings. The standard InChI is InChI=1S/C14H27FN5O5PS/c1-5-23-13-11(16)12(19-14(17)20-13)18-10(15)6-9(22-4)7-24-26(21,27)25-8(2)3/h8-10H,5-7,16H2,1-4H3,(H,21,27)(H3,17,18,19,20). The van der Waals surface area contributed by atoms with Crippen molar-refractivity contribution in [1.82, 2.24) is 9.97 Å². The second kappa shape index (κ2) is 10.9. The highest BCUT2D eigenvalue weighted by Crippen LogP contribution is 2.45. The Kier molecular flexibility index (Phi) is 9.57. The van der Waals surface area contributed by atoms with Gasteiger partial charge in [-0.2, -0.15) is 9.97 Å². The van der Waals surface area contributed by atoms with Gasteiger partial charge in [0.15, 0.2) is 12.1 Å². The number of anilines is 3. The summed E-state index contributed by atoms with van der Waals surface area (Å²) in [6, 6.07) is 0. The van der Waals surface area contributed by atoms with Crippen LogP contribution in [0.25, 0.3) is 0 Å². The van der Waals surface area contributed by atoms with Crippen molar-refractivity contribution in [3.63, 3.8) is 0 Å². The summed E-state index contributed by atoms with van der Waals surface area (Å²) in [6.45, 7) is 1.92. The lowest BCUT2D eigenvalue weighted by molar-refractivity contribution is 0.0284. The number of nitrogens with two attached hydrogens (primary N) is 2. The van der Waals surface area contributed by atoms with Crippen molar-refractivity contribution in [1.29, 1.82) is 0 Å². The van der Waals surface area contributed by atoms with E-state index in [1.54, 1.807) is 20.8 Å². The van der Waals surface area contributed by atoms with Crippen LogP contribution in [0.1, 0.15) is 27.2 Å². The summed E-state index contributed by atoms with van der Waals surface area (Å²) < 4.78 is 35.1. The monoisotopic (exact) mass is 427 g/mol. The number of nitrogens with one attached hydrogen (secondary N) is 1. The van der Waals surface area contributed by atoms with Gasteiger partial charge in [0.1, 0.15) is 5.69 Å². The molecular weight excluding hydrogens is 400 g/mol. The zero-order valence-corrected chi connectivity index (χ0v) is 17.4. The molecule has 27 heavy (non-hydrogen) atoms. The van der Waals surface area contributed by atoms with Crippen LogP contribution in [0.4, 0.5) is 21.8 Å². The van der Waals surface area contributed by atoms with Crippen molar-refractivity contribution in [2.75, 3.05) is 37.1 Å². The first-order chi connectivity index (χ1) is 12.6. The summed E-state index contributed by atoms with van der Waals surface area (Å²) in [5.41, 5.74) is 11.5. The third-order valence-electron chi connectivity index (χ3n) is 3.07. The molecule has 1 heterocycles. The lowest BCUT2D eigenvalue weighted by Crippen LogP contribution is -2.27. The molecule has 0 aliphatic heterocycles. The van der Waals surface area contributed by atoms with Gasteiger partial charge in [-0.25, -0.2) is 4.39 Å². The van der Waals surface area contributed by atoms with E-state index in [9.17, 15) is 9.28 Å². The van der Waals surface area contributed by atoms with E-state index in [2.05, 4.69) is 15.3 Å². The Labute approximate surface area is 163 Å². The number of alkyl halides is 1. The molecule has 0 saturated carbocycles. The van der Waals surface area contributed by atoms with Crippen molar-refractivity contribution in [3.8, 4) is 5.88 Å². The van der Waals surface area contributed by atoms with Crippen LogP contribution in [0.2, 0.25) is 0 Å². The molecule has 13 heteroatoms. The van der Waals surface area contributed by atoms with Gasteiger partial charge in [0.25, 0.3) is 0 Å². The SMILES string of the molecule is CCOc1nc(N)nc(NC(F)CC(COP(O)(=S)OC(C)C)OC)c1N. The van der Waals surface area contributed by atoms with Gasteiger partial charge < -0.3 is 40.2 Å². The number of hydrogen-bond acceptors (Lipinski definition) is 10. The van der Waals surface area contributed by atoms with E-state index in [-0.39, 0.29) is 42.5 Å². The maximum Gasteiger partial charge on any atom is 0.324 e. The zero-order chi connectivity index (χ0) is 20.6. The summed E-state index contributed by atoms with van der Waals surface area (Å²) >= 11 is 4.87. The van der Waals surface area contributed by atoms with Gasteiger partial charge in [-0.1, -0.05) is 0 Å². The Morgan fingerprint density at radius 2 is 2.00 bits per heavy atom. The van der Waals surface area contributed by atoms with Crippen molar-refractivity contribution >= 4 is 36.0 Å². The molecule has 0 aliphatic carbocycles. The van der Waals surface area contributed by atoms with Crippen LogP contribution in [0.15, 0.2) is 0 Å². The van der Waals surface area contributed by atoms with Crippen LogP contribution >= 0.6 is 6.72 Å². The molecule has 1 aromatic heterocycles. The molecule has 10 nitrogen and oxygen atoms in total. The Bertz CT molecular complexity index is 657. The predicted molar refractivity (Wildman–Crippen MR) is 105 cm³/mol. The predicted octanol–water partition coefficient (Wildman–Crippen LogP) is 1.81. The molecule has 0 amide bonds. The average Bonchev–Trinajstić information content (AvgIpc) is 2.54. The molecule has 3 unspecified atom stereocenters. The second-order valence-electron chi connectivity index (χ2n) is 5.71. The number of halogens is 1. The van der Waals surface area contributed by atoms with E-state index < -0.39 is 19.1 Å². The number of hydrogen-bond donors (Lipinski definition) is 4. The fraction of sp³-hybridized carbons (Fsp3) is 0.714. The summed E-state index contributed by atoms with van der Waals surface area (Å²) in [5, 5.41) is 2.49. The Morgan fingerprint density at radius 1 is 1.33 bits per heavy atom. The summed E-state index contributed by atoms with van der Waals surface area (Å²) in [7, 11) is 1.38. The Morgan fingerprint density at radius 3 is 2.56 bits per heavy atom. The third kappa shape index (κ3) is 8.50. The van der Waals surface area contributed by atoms with Gasteiger partial charge in [0, 0.05) is 13.5 Å². The van der Waals surface area contributed by atoms with E-state index >= 15 is 0 Å². The number of rotatable bonds is 12. The largest absolute Gasteiger partial charge is 0.476 e. The molecule has 6 N–H and O–H groups in total. The number of ether oxygens (including phenoxy) is 2. The van der Waals surface area contributed by atoms with Crippen molar-refractivity contribution in [2.24, 2.45) is 0 Å². The minimum atomic E-state index is -3.42. The van der Waals surface area contributed by atoms with E-state index in [0.29, 0.717) is 6.61 Å². The minimum Gasteiger partial charge on any atom is -0.476 e. The molecule has 0 spiro atoms. The van der Waals surface area contributed by atoms with Gasteiger partial charge in [0.2, 0.25) is 11.8 Å². The topological polar surface area (TPSA) is 147 Å². The molecular formula is C14H27FN5O5PS. The third-order valence-corrected chi connectivity index (χ3v) is 4.81. The Balaban J connectivity index is 2.69. The number of nitrogen functional groups attached to an aromatic ring is 2. The van der Waals surface area contributed by atoms with Gasteiger partial charge >= 0.3 is 6.72 Å². The maximum atomic E-state index is 14.4. The highest BCUT2D eigenvalue weighted by Gasteiger charge is 2.23. The number of nitrogens with zero attached hydrogens (tertiary/aromatic N) is 2. The van der Waals surface area contributed by atoms with Crippen molar-refractivity contribution in [2.45, 2.75) is 45.7 Å². The second-order valence-corrected chi connectivity index (χ2v) is 8.50. The van der Waals surface area contributed by atoms with Gasteiger partial charge in [-0.05, 0) is 32.6 Å². The van der Waals surface area contributed by atoms with Gasteiger partial charge in [-0.15, -0.1) is 0 Å². The number of methoxy groups -OCH3 is 1. The van der Waals surface area contributed by atoms with Crippen LogP contribution in [-0.4, -0.2) is 53.7 Å². The summed E-state index contributed by atoms with van der Waals surface area (Å²) in [6.07, 6.45) is -2.75. The molecule has 0 bridgehead atoms. The fourth-order valence-corrected chi connectivity index (χ4v) is 3.61. The first kappa shape index (κ1) is 23.7. The van der Waals surface area contributed by atoms with Crippen LogP contribution in [0, 0.1) is 0 Å². The average molecular weight is 427 g/mol. The lowest BCUT2D eigenvalue weighted by atomic mass is 10.2. The first-order valence-corrected chi connectivity index (χ1v) is 10.8. The van der Waals surface area contributed by atoms with E-state index in [4.69, 9.17) is 41.8 Å². The highest BCUT2D eigenvalue weighted by molar-refractivity contribution is 8.07. The number of aromatic nitrogens is 2. The molecule has 0 saturated heterocycles. The highest BCUT2D eigenvalue weighted by atomic mass is 32.5. The van der Waals surface area contributed by atoms with E-state index in [1.807, 2.05) is 0 Å². The normalized spacial score (nSPS) is 16.0. The molecule has 3 atom stereocenters. The van der Waals surface area contributed by atoms with E-state index in [0.717, 1.165) is 0 Å². The molecule has 0 fully saturated rings. The fourth-order valence-electron chi connectivity index (χ4n) is 1.97. The Hall–Kier alpha value is -1.30. The van der Waals surface area contributed by atoms with Crippen LogP contribution in [0.5, 0.6) is 5.88 Å². The smallest absolute Gasteiger partial charge is 0.324 e. The molecule has 0 aromatic carbocycles. The molecule has 0 aliphatic rings. The van der Waals surface area contributed by atoms with Gasteiger partial charge in [-0.3, -0.25) is 0 Å². The molecule has 1 rings (SSSR count). The first-order valence-electron chi connectivity index (χ1n) is 8.22. The summed E-state index contributed by atoms with van der Waals surface area (Å²) in [4.78, 5) is 17.6. The quantitative estimate of drug-likeness (QED) is 0.286. The van der Waals surface area contributed by atoms with E-state index in [1.165, 1.54) is 7.11 Å².